The van der Waals surface area contributed by atoms with E-state index in [2.05, 4.69) is 21.5 Å². The molecule has 3 aromatic rings. The molecule has 3 N–H and O–H groups in total. The number of pyridine rings is 1. The lowest BCUT2D eigenvalue weighted by atomic mass is 9.97. The Morgan fingerprint density at radius 2 is 1.95 bits per heavy atom. The number of benzene rings is 2. The third kappa shape index (κ3) is 5.98. The van der Waals surface area contributed by atoms with Gasteiger partial charge >= 0.3 is 0 Å². The van der Waals surface area contributed by atoms with Crippen LogP contribution in [0.3, 0.4) is 0 Å². The minimum absolute atomic E-state index is 0.0363. The Hall–Kier alpha value is -3.87. The molecular weight excluding hydrogens is 500 g/mol. The fraction of sp³-hybridized carbons (Fsp3) is 0.310. The molecule has 1 saturated heterocycles. The van der Waals surface area contributed by atoms with Crippen LogP contribution in [0.15, 0.2) is 66.9 Å². The summed E-state index contributed by atoms with van der Waals surface area (Å²) < 4.78 is -0.592. The second kappa shape index (κ2) is 11.7. The zero-order chi connectivity index (χ0) is 27.3. The lowest BCUT2D eigenvalue weighted by molar-refractivity contribution is -0.147. The maximum Gasteiger partial charge on any atom is 0.254 e. The van der Waals surface area contributed by atoms with Crippen molar-refractivity contribution in [2.45, 2.75) is 43.2 Å². The molecule has 3 atom stereocenters. The second-order valence-corrected chi connectivity index (χ2v) is 11.2. The molecule has 0 aliphatic carbocycles. The summed E-state index contributed by atoms with van der Waals surface area (Å²) in [5, 5.41) is 17.6. The zero-order valence-electron chi connectivity index (χ0n) is 21.3. The molecule has 38 heavy (non-hydrogen) atoms. The Balaban J connectivity index is 1.59. The highest BCUT2D eigenvalue weighted by Gasteiger charge is 2.49. The fourth-order valence-corrected chi connectivity index (χ4v) is 5.71. The van der Waals surface area contributed by atoms with Crippen molar-refractivity contribution in [1.29, 1.82) is 0 Å². The number of aromatic nitrogens is 1. The van der Waals surface area contributed by atoms with Gasteiger partial charge in [-0.15, -0.1) is 18.2 Å². The first-order valence-electron chi connectivity index (χ1n) is 12.2. The third-order valence-electron chi connectivity index (χ3n) is 6.56. The molecule has 0 bridgehead atoms. The minimum atomic E-state index is -1.58. The first kappa shape index (κ1) is 27.2. The average molecular weight is 531 g/mol. The Bertz CT molecular complexity index is 1370. The molecule has 1 aliphatic rings. The van der Waals surface area contributed by atoms with E-state index in [1.54, 1.807) is 30.5 Å². The monoisotopic (exact) mass is 530 g/mol. The predicted molar refractivity (Wildman–Crippen MR) is 148 cm³/mol. The van der Waals surface area contributed by atoms with Gasteiger partial charge < -0.3 is 20.6 Å². The van der Waals surface area contributed by atoms with Gasteiger partial charge in [-0.2, -0.15) is 0 Å². The van der Waals surface area contributed by atoms with Gasteiger partial charge in [-0.25, -0.2) is 0 Å². The second-order valence-electron chi connectivity index (χ2n) is 9.63. The van der Waals surface area contributed by atoms with Crippen LogP contribution >= 0.6 is 11.8 Å². The number of carbonyl (C=O) groups is 3. The number of nitrogens with one attached hydrogen (secondary N) is 2. The number of thioether (sulfide) groups is 1. The summed E-state index contributed by atoms with van der Waals surface area (Å²) in [5.74, 6) is 1.15. The van der Waals surface area contributed by atoms with Gasteiger partial charge in [-0.05, 0) is 50.1 Å². The summed E-state index contributed by atoms with van der Waals surface area (Å²) in [5.41, 5.74) is 1.97. The molecule has 3 amide bonds. The molecular formula is C29H30N4O4S. The summed E-state index contributed by atoms with van der Waals surface area (Å²) in [6.07, 6.45) is 5.60. The van der Waals surface area contributed by atoms with E-state index >= 15 is 0 Å². The molecule has 9 heteroatoms. The molecule has 0 radical (unpaired) electrons. The van der Waals surface area contributed by atoms with Crippen LogP contribution in [0.1, 0.15) is 29.8 Å². The number of fused-ring (bicyclic) bond motifs is 1. The van der Waals surface area contributed by atoms with Crippen molar-refractivity contribution in [2.75, 3.05) is 12.4 Å². The zero-order valence-corrected chi connectivity index (χ0v) is 22.1. The number of aliphatic hydroxyl groups is 1. The Labute approximate surface area is 226 Å². The van der Waals surface area contributed by atoms with Crippen molar-refractivity contribution < 1.29 is 19.5 Å². The molecule has 4 rings (SSSR count). The van der Waals surface area contributed by atoms with Gasteiger partial charge in [-0.3, -0.25) is 19.4 Å². The van der Waals surface area contributed by atoms with E-state index in [1.807, 2.05) is 50.2 Å². The summed E-state index contributed by atoms with van der Waals surface area (Å²) >= 11 is 1.44. The quantitative estimate of drug-likeness (QED) is 0.386. The first-order chi connectivity index (χ1) is 18.2. The van der Waals surface area contributed by atoms with Crippen molar-refractivity contribution in [3.8, 4) is 12.3 Å². The van der Waals surface area contributed by atoms with Gasteiger partial charge in [0.05, 0.1) is 24.0 Å². The van der Waals surface area contributed by atoms with Crippen LogP contribution in [0, 0.1) is 12.3 Å². The largest absolute Gasteiger partial charge is 0.381 e. The molecule has 1 aliphatic heterocycles. The van der Waals surface area contributed by atoms with Gasteiger partial charge in [-0.1, -0.05) is 42.3 Å². The van der Waals surface area contributed by atoms with Crippen molar-refractivity contribution >= 4 is 40.4 Å². The van der Waals surface area contributed by atoms with Gasteiger partial charge in [0.2, 0.25) is 5.91 Å². The van der Waals surface area contributed by atoms with E-state index in [9.17, 15) is 19.5 Å². The van der Waals surface area contributed by atoms with Crippen LogP contribution in [0.4, 0.5) is 0 Å². The van der Waals surface area contributed by atoms with Crippen molar-refractivity contribution in [3.05, 3.63) is 78.0 Å². The molecule has 8 nitrogen and oxygen atoms in total. The molecule has 1 fully saturated rings. The maximum absolute atomic E-state index is 13.6. The number of terminal acetylenes is 1. The van der Waals surface area contributed by atoms with Gasteiger partial charge in [0.25, 0.3) is 11.8 Å². The van der Waals surface area contributed by atoms with Crippen LogP contribution in [0.2, 0.25) is 0 Å². The van der Waals surface area contributed by atoms with E-state index in [1.165, 1.54) is 16.7 Å². The Kier molecular flexibility index (Phi) is 8.35. The van der Waals surface area contributed by atoms with Crippen molar-refractivity contribution in [1.82, 2.24) is 20.5 Å². The van der Waals surface area contributed by atoms with Gasteiger partial charge in [0, 0.05) is 21.9 Å². The lowest BCUT2D eigenvalue weighted by Crippen LogP contribution is -2.58. The van der Waals surface area contributed by atoms with E-state index < -0.39 is 34.7 Å². The normalized spacial score (nSPS) is 17.8. The van der Waals surface area contributed by atoms with Gasteiger partial charge in [0.1, 0.15) is 6.04 Å². The van der Waals surface area contributed by atoms with Crippen LogP contribution in [0.5, 0.6) is 0 Å². The smallest absolute Gasteiger partial charge is 0.254 e. The topological polar surface area (TPSA) is 112 Å². The molecule has 0 spiro atoms. The number of carbonyl (C=O) groups excluding carboxylic acids is 3. The van der Waals surface area contributed by atoms with E-state index in [-0.39, 0.29) is 24.7 Å². The van der Waals surface area contributed by atoms with E-state index in [0.717, 1.165) is 16.5 Å². The lowest BCUT2D eigenvalue weighted by Gasteiger charge is -2.33. The molecule has 0 saturated carbocycles. The van der Waals surface area contributed by atoms with E-state index in [4.69, 9.17) is 6.42 Å². The molecule has 196 valence electrons. The van der Waals surface area contributed by atoms with Gasteiger partial charge in [0.15, 0.2) is 6.10 Å². The third-order valence-corrected chi connectivity index (χ3v) is 7.93. The molecule has 1 aromatic heterocycles. The fourth-order valence-electron chi connectivity index (χ4n) is 4.57. The minimum Gasteiger partial charge on any atom is -0.381 e. The van der Waals surface area contributed by atoms with Crippen molar-refractivity contribution in [2.24, 2.45) is 0 Å². The van der Waals surface area contributed by atoms with Crippen LogP contribution in [-0.4, -0.2) is 68.1 Å². The Morgan fingerprint density at radius 1 is 1.18 bits per heavy atom. The molecule has 2 heterocycles. The number of nitrogens with zero attached hydrogens (tertiary/aromatic N) is 2. The SMILES string of the molecule is C#CCNC(=O)[C@H]1N(C(=O)[C@@H](O)[C@H](Cc2ccccc2)NC(=O)c2ccc3ncccc3c2)CSC1(C)C. The maximum atomic E-state index is 13.6. The average Bonchev–Trinajstić information content (AvgIpc) is 3.25. The highest BCUT2D eigenvalue weighted by Crippen LogP contribution is 2.39. The van der Waals surface area contributed by atoms with Crippen LogP contribution in [0.25, 0.3) is 10.9 Å². The first-order valence-corrected chi connectivity index (χ1v) is 13.2. The highest BCUT2D eigenvalue weighted by molar-refractivity contribution is 8.00. The summed E-state index contributed by atoms with van der Waals surface area (Å²) in [6.45, 7) is 3.78. The summed E-state index contributed by atoms with van der Waals surface area (Å²) in [7, 11) is 0. The number of amides is 3. The number of aliphatic hydroxyl groups excluding tert-OH is 1. The molecule has 2 aromatic carbocycles. The predicted octanol–water partition coefficient (Wildman–Crippen LogP) is 2.37. The highest BCUT2D eigenvalue weighted by atomic mass is 32.2. The number of hydrogen-bond donors (Lipinski definition) is 3. The summed E-state index contributed by atoms with van der Waals surface area (Å²) in [6, 6.07) is 16.3. The van der Waals surface area contributed by atoms with E-state index in [0.29, 0.717) is 5.56 Å². The van der Waals surface area contributed by atoms with Crippen molar-refractivity contribution in [3.63, 3.8) is 0 Å². The number of rotatable bonds is 8. The standard InChI is InChI=1S/C29H30N4O4S/c1-4-14-31-27(36)25-29(2,3)38-18-33(25)28(37)24(34)23(16-19-9-6-5-7-10-19)32-26(35)21-12-13-22-20(17-21)11-8-15-30-22/h1,5-13,15,17,23-25,34H,14,16,18H2,2-3H3,(H,31,36)(H,32,35)/t23-,24-,25+/m0/s1. The van der Waals surface area contributed by atoms with Crippen LogP contribution in [-0.2, 0) is 16.0 Å². The van der Waals surface area contributed by atoms with Crippen LogP contribution < -0.4 is 10.6 Å². The summed E-state index contributed by atoms with van der Waals surface area (Å²) in [4.78, 5) is 45.5. The number of hydrogen-bond acceptors (Lipinski definition) is 6. The molecule has 0 unspecified atom stereocenters. The Morgan fingerprint density at radius 3 is 2.68 bits per heavy atom.